The molecule has 0 bridgehead atoms. The largest absolute Gasteiger partial charge is 0.475 e. The van der Waals surface area contributed by atoms with Gasteiger partial charge in [-0.15, -0.1) is 0 Å². The Kier molecular flexibility index (Phi) is 8.07. The molecular formula is C22H26BClN4O5. The van der Waals surface area contributed by atoms with Gasteiger partial charge in [-0.3, -0.25) is 9.59 Å². The van der Waals surface area contributed by atoms with Crippen molar-refractivity contribution < 1.29 is 24.5 Å². The molecule has 2 atom stereocenters. The molecule has 0 fully saturated rings. The van der Waals surface area contributed by atoms with Crippen LogP contribution in [0.1, 0.15) is 36.3 Å². The molecule has 0 aliphatic carbocycles. The molecule has 0 saturated carbocycles. The van der Waals surface area contributed by atoms with Crippen LogP contribution in [0.25, 0.3) is 0 Å². The molecule has 2 heterocycles. The highest BCUT2D eigenvalue weighted by molar-refractivity contribution is 6.43. The average Bonchev–Trinajstić information content (AvgIpc) is 3.20. The number of nitrogens with one attached hydrogen (secondary N) is 2. The first-order chi connectivity index (χ1) is 15.7. The average molecular weight is 473 g/mol. The molecule has 33 heavy (non-hydrogen) atoms. The maximum absolute atomic E-state index is 13.3. The first-order valence-corrected chi connectivity index (χ1v) is 10.9. The van der Waals surface area contributed by atoms with Crippen molar-refractivity contribution in [2.24, 2.45) is 11.1 Å². The van der Waals surface area contributed by atoms with Gasteiger partial charge in [0.1, 0.15) is 10.8 Å². The van der Waals surface area contributed by atoms with Gasteiger partial charge in [0, 0.05) is 12.8 Å². The predicted molar refractivity (Wildman–Crippen MR) is 125 cm³/mol. The zero-order chi connectivity index (χ0) is 24.0. The molecule has 2 aromatic rings. The van der Waals surface area contributed by atoms with E-state index >= 15 is 0 Å². The number of pyridine rings is 1. The molecule has 2 amide bonds. The van der Waals surface area contributed by atoms with Gasteiger partial charge < -0.3 is 25.5 Å². The Labute approximate surface area is 197 Å². The molecule has 11 heteroatoms. The Balaban J connectivity index is 1.73. The van der Waals surface area contributed by atoms with Crippen LogP contribution in [0.2, 0.25) is 5.15 Å². The summed E-state index contributed by atoms with van der Waals surface area (Å²) in [6, 6.07) is 14.0. The van der Waals surface area contributed by atoms with Gasteiger partial charge in [0.15, 0.2) is 0 Å². The number of hydrogen-bond acceptors (Lipinski definition) is 7. The Morgan fingerprint density at radius 3 is 2.55 bits per heavy atom. The van der Waals surface area contributed by atoms with Gasteiger partial charge in [0.2, 0.25) is 5.60 Å². The minimum Gasteiger partial charge on any atom is -0.426 e. The third-order valence-corrected chi connectivity index (χ3v) is 5.53. The molecule has 9 nitrogen and oxygen atoms in total. The van der Waals surface area contributed by atoms with Crippen LogP contribution >= 0.6 is 11.6 Å². The van der Waals surface area contributed by atoms with Gasteiger partial charge in [0.05, 0.1) is 18.2 Å². The SMILES string of the molecule is CC(C)[C@H](NC(=O)C1(Cc2ccccc2)CC(CNC(=O)c2cccc(Cl)n2)=NO1)B(O)O. The topological polar surface area (TPSA) is 133 Å². The maximum atomic E-state index is 13.3. The van der Waals surface area contributed by atoms with Crippen LogP contribution in [-0.4, -0.2) is 57.8 Å². The smallest absolute Gasteiger partial charge is 0.426 e. The fourth-order valence-electron chi connectivity index (χ4n) is 3.54. The minimum atomic E-state index is -1.73. The van der Waals surface area contributed by atoms with Crippen LogP contribution in [0.15, 0.2) is 53.7 Å². The molecule has 1 unspecified atom stereocenters. The van der Waals surface area contributed by atoms with Gasteiger partial charge in [-0.1, -0.05) is 67.0 Å². The second-order valence-corrected chi connectivity index (χ2v) is 8.65. The van der Waals surface area contributed by atoms with E-state index in [1.54, 1.807) is 26.0 Å². The zero-order valence-electron chi connectivity index (χ0n) is 18.4. The second-order valence-electron chi connectivity index (χ2n) is 8.27. The molecule has 1 aliphatic rings. The number of halogens is 1. The van der Waals surface area contributed by atoms with Crippen LogP contribution < -0.4 is 10.6 Å². The Morgan fingerprint density at radius 1 is 1.18 bits per heavy atom. The summed E-state index contributed by atoms with van der Waals surface area (Å²) in [7, 11) is -1.73. The number of carbonyl (C=O) groups is 2. The lowest BCUT2D eigenvalue weighted by molar-refractivity contribution is -0.144. The predicted octanol–water partition coefficient (Wildman–Crippen LogP) is 1.38. The van der Waals surface area contributed by atoms with Crippen LogP contribution in [-0.2, 0) is 16.1 Å². The Morgan fingerprint density at radius 2 is 1.91 bits per heavy atom. The van der Waals surface area contributed by atoms with Crippen LogP contribution in [0.5, 0.6) is 0 Å². The van der Waals surface area contributed by atoms with Crippen molar-refractivity contribution in [1.82, 2.24) is 15.6 Å². The molecular weight excluding hydrogens is 447 g/mol. The van der Waals surface area contributed by atoms with E-state index in [0.717, 1.165) is 5.56 Å². The Bertz CT molecular complexity index is 1010. The van der Waals surface area contributed by atoms with Crippen molar-refractivity contribution in [3.8, 4) is 0 Å². The number of nitrogens with zero attached hydrogens (tertiary/aromatic N) is 2. The highest BCUT2D eigenvalue weighted by Crippen LogP contribution is 2.29. The standard InChI is InChI=1S/C22H26BClN4O5/c1-14(2)19(23(31)32)27-21(30)22(11-15-7-4-3-5-8-15)12-16(28-33-22)13-25-20(29)17-9-6-10-18(24)26-17/h3-10,14,19,31-32H,11-13H2,1-2H3,(H,25,29)(H,27,30)/t19-,22?/m0/s1. The van der Waals surface area contributed by atoms with E-state index in [0.29, 0.717) is 5.71 Å². The molecule has 0 spiro atoms. The van der Waals surface area contributed by atoms with Gasteiger partial charge in [-0.2, -0.15) is 0 Å². The summed E-state index contributed by atoms with van der Waals surface area (Å²) in [5, 5.41) is 29.0. The van der Waals surface area contributed by atoms with Crippen molar-refractivity contribution >= 4 is 36.2 Å². The lowest BCUT2D eigenvalue weighted by atomic mass is 9.72. The lowest BCUT2D eigenvalue weighted by Gasteiger charge is -2.29. The van der Waals surface area contributed by atoms with E-state index in [1.165, 1.54) is 6.07 Å². The van der Waals surface area contributed by atoms with Crippen molar-refractivity contribution in [3.63, 3.8) is 0 Å². The number of aromatic nitrogens is 1. The zero-order valence-corrected chi connectivity index (χ0v) is 19.1. The van der Waals surface area contributed by atoms with Crippen LogP contribution in [0, 0.1) is 5.92 Å². The van der Waals surface area contributed by atoms with E-state index in [-0.39, 0.29) is 36.2 Å². The first kappa shape index (κ1) is 24.7. The summed E-state index contributed by atoms with van der Waals surface area (Å²) in [6.07, 6.45) is 0.326. The molecule has 1 aliphatic heterocycles. The summed E-state index contributed by atoms with van der Waals surface area (Å²) in [5.41, 5.74) is 0.0774. The van der Waals surface area contributed by atoms with Crippen molar-refractivity contribution in [2.75, 3.05) is 6.54 Å². The highest BCUT2D eigenvalue weighted by atomic mass is 35.5. The quantitative estimate of drug-likeness (QED) is 0.322. The van der Waals surface area contributed by atoms with E-state index in [9.17, 15) is 19.6 Å². The summed E-state index contributed by atoms with van der Waals surface area (Å²) in [5.74, 6) is -2.06. The lowest BCUT2D eigenvalue weighted by Crippen LogP contribution is -2.57. The second kappa shape index (κ2) is 10.8. The number of benzene rings is 1. The molecule has 0 saturated heterocycles. The Hall–Kier alpha value is -2.95. The highest BCUT2D eigenvalue weighted by Gasteiger charge is 2.48. The normalized spacial score (nSPS) is 18.3. The molecule has 4 N–H and O–H groups in total. The molecule has 3 rings (SSSR count). The first-order valence-electron chi connectivity index (χ1n) is 10.6. The van der Waals surface area contributed by atoms with E-state index in [2.05, 4.69) is 20.8 Å². The molecule has 1 aromatic heterocycles. The monoisotopic (exact) mass is 472 g/mol. The van der Waals surface area contributed by atoms with Gasteiger partial charge in [0.25, 0.3) is 11.8 Å². The maximum Gasteiger partial charge on any atom is 0.475 e. The fraction of sp³-hybridized carbons (Fsp3) is 0.364. The van der Waals surface area contributed by atoms with Crippen molar-refractivity contribution in [1.29, 1.82) is 0 Å². The summed E-state index contributed by atoms with van der Waals surface area (Å²) in [6.45, 7) is 3.59. The number of oxime groups is 1. The number of hydrogen-bond donors (Lipinski definition) is 4. The van der Waals surface area contributed by atoms with Crippen molar-refractivity contribution in [3.05, 3.63) is 64.9 Å². The summed E-state index contributed by atoms with van der Waals surface area (Å²) < 4.78 is 0. The van der Waals surface area contributed by atoms with Gasteiger partial charge in [-0.25, -0.2) is 4.98 Å². The van der Waals surface area contributed by atoms with E-state index in [1.807, 2.05) is 30.3 Å². The molecule has 174 valence electrons. The number of amides is 2. The van der Waals surface area contributed by atoms with Gasteiger partial charge >= 0.3 is 7.12 Å². The third kappa shape index (κ3) is 6.31. The molecule has 1 aromatic carbocycles. The summed E-state index contributed by atoms with van der Waals surface area (Å²) >= 11 is 5.84. The van der Waals surface area contributed by atoms with E-state index in [4.69, 9.17) is 16.4 Å². The van der Waals surface area contributed by atoms with Crippen LogP contribution in [0.4, 0.5) is 0 Å². The van der Waals surface area contributed by atoms with Crippen LogP contribution in [0.3, 0.4) is 0 Å². The minimum absolute atomic E-state index is 0.0487. The van der Waals surface area contributed by atoms with Crippen molar-refractivity contribution in [2.45, 2.75) is 38.2 Å². The fourth-order valence-corrected chi connectivity index (χ4v) is 3.70. The van der Waals surface area contributed by atoms with E-state index < -0.39 is 30.5 Å². The van der Waals surface area contributed by atoms with Gasteiger partial charge in [-0.05, 0) is 23.6 Å². The summed E-state index contributed by atoms with van der Waals surface area (Å²) in [4.78, 5) is 35.3. The number of rotatable bonds is 9. The third-order valence-electron chi connectivity index (χ3n) is 5.32. The number of carbonyl (C=O) groups excluding carboxylic acids is 2. The molecule has 0 radical (unpaired) electrons.